The molecule has 0 aliphatic heterocycles. The Morgan fingerprint density at radius 2 is 1.77 bits per heavy atom. The van der Waals surface area contributed by atoms with Crippen molar-refractivity contribution < 1.29 is 26.3 Å². The van der Waals surface area contributed by atoms with Crippen LogP contribution in [0.5, 0.6) is 0 Å². The Hall–Kier alpha value is -4.03. The van der Waals surface area contributed by atoms with E-state index in [-0.39, 0.29) is 40.6 Å². The van der Waals surface area contributed by atoms with Crippen LogP contribution in [-0.4, -0.2) is 24.7 Å². The van der Waals surface area contributed by atoms with Crippen molar-refractivity contribution in [2.75, 3.05) is 0 Å². The highest BCUT2D eigenvalue weighted by Crippen LogP contribution is 2.35. The average Bonchev–Trinajstić information content (AvgIpc) is 2.90. The summed E-state index contributed by atoms with van der Waals surface area (Å²) in [6, 6.07) is 4.08. The molecular weight excluding hydrogens is 540 g/mol. The minimum atomic E-state index is -4.80. The summed E-state index contributed by atoms with van der Waals surface area (Å²) in [4.78, 5) is 32.6. The van der Waals surface area contributed by atoms with E-state index in [2.05, 4.69) is 15.1 Å². The molecule has 1 saturated carbocycles. The number of rotatable bonds is 6. The van der Waals surface area contributed by atoms with Crippen molar-refractivity contribution in [3.63, 3.8) is 0 Å². The molecule has 40 heavy (non-hydrogen) atoms. The molecule has 4 aromatic rings. The van der Waals surface area contributed by atoms with Crippen LogP contribution in [0.15, 0.2) is 52.6 Å². The summed E-state index contributed by atoms with van der Waals surface area (Å²) in [5, 5.41) is 5.92. The maximum absolute atomic E-state index is 15.0. The number of hydrogen-bond acceptors (Lipinski definition) is 5. The Morgan fingerprint density at radius 1 is 1.05 bits per heavy atom. The van der Waals surface area contributed by atoms with Gasteiger partial charge in [0.25, 0.3) is 17.5 Å². The molecule has 0 unspecified atom stereocenters. The quantitative estimate of drug-likeness (QED) is 0.305. The number of nitrogens with one attached hydrogen (secondary N) is 1. The average molecular weight is 564 g/mol. The zero-order valence-corrected chi connectivity index (χ0v) is 20.9. The van der Waals surface area contributed by atoms with Crippen molar-refractivity contribution in [1.82, 2.24) is 24.7 Å². The third-order valence-electron chi connectivity index (χ3n) is 7.30. The Balaban J connectivity index is 1.35. The van der Waals surface area contributed by atoms with Gasteiger partial charge in [-0.15, -0.1) is 0 Å². The van der Waals surface area contributed by atoms with Gasteiger partial charge in [0.1, 0.15) is 11.4 Å². The van der Waals surface area contributed by atoms with Gasteiger partial charge in [0.15, 0.2) is 5.82 Å². The normalized spacial score (nSPS) is 18.0. The minimum absolute atomic E-state index is 0.0101. The standard InChI is InChI=1S/C27H23F6N5O2/c28-21-9-19-16(8-20(21)24-34-10-18(11-35-24)23(29)30)4-5-38(26(19)40)13-15-3-1-2-14(6-15)7-17-12-36-37-25(39)22(17)27(31,32)33/h4-5,8-12,14-15,23H,1-3,6-7,13H2,(H,37,39)/t14-,15+/m0/s1. The smallest absolute Gasteiger partial charge is 0.315 e. The van der Waals surface area contributed by atoms with Crippen LogP contribution in [0.4, 0.5) is 26.3 Å². The topological polar surface area (TPSA) is 93.5 Å². The Labute approximate surface area is 222 Å². The van der Waals surface area contributed by atoms with Gasteiger partial charge in [0.05, 0.1) is 22.7 Å². The summed E-state index contributed by atoms with van der Waals surface area (Å²) < 4.78 is 82.3. The molecular formula is C27H23F6N5O2. The summed E-state index contributed by atoms with van der Waals surface area (Å²) in [5.74, 6) is -1.01. The van der Waals surface area contributed by atoms with Crippen molar-refractivity contribution in [3.05, 3.63) is 86.2 Å². The summed E-state index contributed by atoms with van der Waals surface area (Å²) in [7, 11) is 0. The molecule has 1 fully saturated rings. The highest BCUT2D eigenvalue weighted by molar-refractivity contribution is 5.85. The van der Waals surface area contributed by atoms with E-state index in [1.54, 1.807) is 12.3 Å². The van der Waals surface area contributed by atoms with Gasteiger partial charge >= 0.3 is 6.18 Å². The van der Waals surface area contributed by atoms with Crippen LogP contribution in [0.1, 0.15) is 48.8 Å². The van der Waals surface area contributed by atoms with E-state index in [1.807, 2.05) is 5.10 Å². The number of pyridine rings is 1. The summed E-state index contributed by atoms with van der Waals surface area (Å²) >= 11 is 0. The number of aromatic nitrogens is 5. The maximum Gasteiger partial charge on any atom is 0.422 e. The van der Waals surface area contributed by atoms with E-state index >= 15 is 0 Å². The zero-order valence-electron chi connectivity index (χ0n) is 20.9. The molecule has 7 nitrogen and oxygen atoms in total. The molecule has 0 amide bonds. The lowest BCUT2D eigenvalue weighted by molar-refractivity contribution is -0.139. The number of halogens is 6. The third-order valence-corrected chi connectivity index (χ3v) is 7.30. The SMILES string of the molecule is O=c1[nH]ncc(C[C@H]2CCC[C@@H](Cn3ccc4cc(-c5ncc(C(F)F)cn5)c(F)cc4c3=O)C2)c1C(F)(F)F. The first-order valence-electron chi connectivity index (χ1n) is 12.6. The molecule has 1 aliphatic rings. The number of alkyl halides is 5. The number of hydrogen-bond donors (Lipinski definition) is 1. The van der Waals surface area contributed by atoms with Gasteiger partial charge < -0.3 is 4.57 Å². The Bertz CT molecular complexity index is 1650. The third kappa shape index (κ3) is 5.63. The van der Waals surface area contributed by atoms with Crippen LogP contribution in [-0.2, 0) is 19.1 Å². The minimum Gasteiger partial charge on any atom is -0.315 e. The molecule has 0 bridgehead atoms. The van der Waals surface area contributed by atoms with E-state index in [4.69, 9.17) is 0 Å². The molecule has 3 aromatic heterocycles. The fourth-order valence-electron chi connectivity index (χ4n) is 5.45. The van der Waals surface area contributed by atoms with Crippen molar-refractivity contribution in [2.45, 2.75) is 51.3 Å². The number of nitrogens with zero attached hydrogens (tertiary/aromatic N) is 4. The van der Waals surface area contributed by atoms with E-state index in [0.29, 0.717) is 24.8 Å². The van der Waals surface area contributed by atoms with Crippen molar-refractivity contribution in [2.24, 2.45) is 11.8 Å². The van der Waals surface area contributed by atoms with Gasteiger partial charge in [-0.25, -0.2) is 28.2 Å². The molecule has 13 heteroatoms. The molecule has 0 saturated heterocycles. The van der Waals surface area contributed by atoms with Crippen molar-refractivity contribution >= 4 is 10.8 Å². The molecule has 3 heterocycles. The fourth-order valence-corrected chi connectivity index (χ4v) is 5.45. The first-order chi connectivity index (χ1) is 19.0. The van der Waals surface area contributed by atoms with Crippen LogP contribution in [0.25, 0.3) is 22.2 Å². The second-order valence-corrected chi connectivity index (χ2v) is 10.0. The second-order valence-electron chi connectivity index (χ2n) is 10.0. The van der Waals surface area contributed by atoms with Gasteiger partial charge in [0, 0.05) is 25.1 Å². The molecule has 1 N–H and O–H groups in total. The van der Waals surface area contributed by atoms with Gasteiger partial charge in [-0.05, 0) is 60.2 Å². The van der Waals surface area contributed by atoms with E-state index in [1.165, 1.54) is 10.6 Å². The van der Waals surface area contributed by atoms with Crippen LogP contribution in [0.3, 0.4) is 0 Å². The highest BCUT2D eigenvalue weighted by atomic mass is 19.4. The van der Waals surface area contributed by atoms with Gasteiger partial charge in [0.2, 0.25) is 0 Å². The monoisotopic (exact) mass is 563 g/mol. The number of fused-ring (bicyclic) bond motifs is 1. The van der Waals surface area contributed by atoms with Crippen LogP contribution in [0, 0.1) is 17.7 Å². The van der Waals surface area contributed by atoms with E-state index in [0.717, 1.165) is 37.5 Å². The van der Waals surface area contributed by atoms with E-state index in [9.17, 15) is 35.9 Å². The highest BCUT2D eigenvalue weighted by Gasteiger charge is 2.37. The molecule has 5 rings (SSSR count). The fraction of sp³-hybridized carbons (Fsp3) is 0.370. The largest absolute Gasteiger partial charge is 0.422 e. The lowest BCUT2D eigenvalue weighted by Crippen LogP contribution is -2.29. The summed E-state index contributed by atoms with van der Waals surface area (Å²) in [6.45, 7) is 0.298. The first kappa shape index (κ1) is 27.5. The maximum atomic E-state index is 15.0. The van der Waals surface area contributed by atoms with Crippen molar-refractivity contribution in [1.29, 1.82) is 0 Å². The first-order valence-corrected chi connectivity index (χ1v) is 12.6. The predicted octanol–water partition coefficient (Wildman–Crippen LogP) is 5.69. The summed E-state index contributed by atoms with van der Waals surface area (Å²) in [6.07, 6.45) is -0.316. The lowest BCUT2D eigenvalue weighted by Gasteiger charge is -2.30. The molecule has 0 radical (unpaired) electrons. The van der Waals surface area contributed by atoms with Crippen molar-refractivity contribution in [3.8, 4) is 11.4 Å². The molecule has 1 aliphatic carbocycles. The summed E-state index contributed by atoms with van der Waals surface area (Å²) in [5.41, 5.74) is -3.51. The molecule has 1 aromatic carbocycles. The molecule has 0 spiro atoms. The van der Waals surface area contributed by atoms with Gasteiger partial charge in [-0.2, -0.15) is 18.3 Å². The zero-order chi connectivity index (χ0) is 28.6. The number of benzene rings is 1. The van der Waals surface area contributed by atoms with Gasteiger partial charge in [-0.3, -0.25) is 9.59 Å². The number of H-pyrrole nitrogens is 1. The van der Waals surface area contributed by atoms with Crippen LogP contribution < -0.4 is 11.1 Å². The van der Waals surface area contributed by atoms with Crippen LogP contribution in [0.2, 0.25) is 0 Å². The molecule has 210 valence electrons. The Kier molecular flexibility index (Phi) is 7.47. The second kappa shape index (κ2) is 10.9. The van der Waals surface area contributed by atoms with E-state index < -0.39 is 40.7 Å². The van der Waals surface area contributed by atoms with Crippen LogP contribution >= 0.6 is 0 Å². The predicted molar refractivity (Wildman–Crippen MR) is 133 cm³/mol. The lowest BCUT2D eigenvalue weighted by atomic mass is 9.78. The van der Waals surface area contributed by atoms with Gasteiger partial charge in [-0.1, -0.05) is 12.8 Å². The molecule has 2 atom stereocenters. The Morgan fingerprint density at radius 3 is 2.48 bits per heavy atom. The number of aromatic amines is 1.